The van der Waals surface area contributed by atoms with E-state index in [1.165, 1.54) is 0 Å². The van der Waals surface area contributed by atoms with Gasteiger partial charge in [0.05, 0.1) is 29.8 Å². The van der Waals surface area contributed by atoms with Crippen molar-refractivity contribution in [1.29, 1.82) is 0 Å². The van der Waals surface area contributed by atoms with Gasteiger partial charge in [-0.15, -0.1) is 0 Å². The molecule has 1 amide bonds. The summed E-state index contributed by atoms with van der Waals surface area (Å²) < 4.78 is 52.1. The first-order chi connectivity index (χ1) is 13.9. The minimum Gasteiger partial charge on any atom is -0.465 e. The maximum Gasteiger partial charge on any atom is 0.419 e. The molecule has 5 nitrogen and oxygen atoms in total. The number of carboxylic acid groups (broad SMARTS) is 1. The van der Waals surface area contributed by atoms with Crippen molar-refractivity contribution in [2.45, 2.75) is 33.5 Å². The van der Waals surface area contributed by atoms with Crippen LogP contribution in [-0.4, -0.2) is 36.0 Å². The largest absolute Gasteiger partial charge is 0.465 e. The molecule has 2 aromatic carbocycles. The Bertz CT molecular complexity index is 958. The molecule has 2 rings (SSSR count). The second-order valence-corrected chi connectivity index (χ2v) is 6.92. The smallest absolute Gasteiger partial charge is 0.419 e. The maximum atomic E-state index is 13.9. The van der Waals surface area contributed by atoms with Crippen LogP contribution in [0.1, 0.15) is 29.2 Å². The van der Waals surface area contributed by atoms with Crippen LogP contribution in [0.5, 0.6) is 0 Å². The first-order valence-corrected chi connectivity index (χ1v) is 9.15. The predicted molar refractivity (Wildman–Crippen MR) is 108 cm³/mol. The SMILES string of the molecule is CCN(C)/C=N/c1cc(C)c(N(Cc2ccc(C(F)(F)F)c(F)c2)C(=O)O)cc1C. The highest BCUT2D eigenvalue weighted by molar-refractivity contribution is 5.88. The minimum atomic E-state index is -4.81. The van der Waals surface area contributed by atoms with Crippen molar-refractivity contribution in [3.63, 3.8) is 0 Å². The molecule has 0 aliphatic heterocycles. The molecular formula is C21H23F4N3O2. The molecule has 0 atom stereocenters. The molecule has 0 aromatic heterocycles. The van der Waals surface area contributed by atoms with Crippen molar-refractivity contribution >= 4 is 23.8 Å². The van der Waals surface area contributed by atoms with Gasteiger partial charge in [0, 0.05) is 13.6 Å². The van der Waals surface area contributed by atoms with E-state index in [0.717, 1.165) is 23.1 Å². The summed E-state index contributed by atoms with van der Waals surface area (Å²) in [5.41, 5.74) is 1.07. The number of aryl methyl sites for hydroxylation is 2. The number of hydrogen-bond donors (Lipinski definition) is 1. The lowest BCUT2D eigenvalue weighted by atomic mass is 10.1. The zero-order chi connectivity index (χ0) is 22.6. The molecular weight excluding hydrogens is 402 g/mol. The lowest BCUT2D eigenvalue weighted by Gasteiger charge is -2.23. The molecule has 0 saturated heterocycles. The van der Waals surface area contributed by atoms with E-state index in [2.05, 4.69) is 4.99 Å². The molecule has 30 heavy (non-hydrogen) atoms. The standard InChI is InChI=1S/C21H23F4N3O2/c1-5-27(4)12-26-18-8-14(3)19(9-13(18)2)28(20(29)30)11-15-6-7-16(17(22)10-15)21(23,24)25/h6-10,12H,5,11H2,1-4H3,(H,29,30)/b26-12+. The monoisotopic (exact) mass is 425 g/mol. The highest BCUT2D eigenvalue weighted by Gasteiger charge is 2.34. The van der Waals surface area contributed by atoms with Gasteiger partial charge >= 0.3 is 12.3 Å². The number of hydrogen-bond acceptors (Lipinski definition) is 2. The van der Waals surface area contributed by atoms with Crippen LogP contribution in [-0.2, 0) is 12.7 Å². The third kappa shape index (κ3) is 5.49. The van der Waals surface area contributed by atoms with Gasteiger partial charge in [-0.05, 0) is 61.7 Å². The van der Waals surface area contributed by atoms with E-state index in [-0.39, 0.29) is 12.1 Å². The molecule has 162 valence electrons. The van der Waals surface area contributed by atoms with E-state index in [1.807, 2.05) is 18.9 Å². The zero-order valence-corrected chi connectivity index (χ0v) is 17.1. The molecule has 9 heteroatoms. The van der Waals surface area contributed by atoms with Crippen molar-refractivity contribution in [3.05, 3.63) is 58.4 Å². The molecule has 0 aliphatic carbocycles. The quantitative estimate of drug-likeness (QED) is 0.364. The van der Waals surface area contributed by atoms with Crippen LogP contribution in [0.25, 0.3) is 0 Å². The van der Waals surface area contributed by atoms with Crippen LogP contribution in [0, 0.1) is 19.7 Å². The number of nitrogens with zero attached hydrogens (tertiary/aromatic N) is 3. The number of carbonyl (C=O) groups is 1. The Hall–Kier alpha value is -3.10. The Labute approximate surface area is 172 Å². The Morgan fingerprint density at radius 3 is 2.37 bits per heavy atom. The number of rotatable bonds is 6. The second-order valence-electron chi connectivity index (χ2n) is 6.92. The van der Waals surface area contributed by atoms with Crippen molar-refractivity contribution in [3.8, 4) is 0 Å². The number of amides is 1. The summed E-state index contributed by atoms with van der Waals surface area (Å²) in [6.07, 6.45) is -4.45. The number of aliphatic imine (C=N–C) groups is 1. The van der Waals surface area contributed by atoms with Gasteiger partial charge in [-0.1, -0.05) is 6.07 Å². The van der Waals surface area contributed by atoms with Gasteiger partial charge in [-0.2, -0.15) is 13.2 Å². The van der Waals surface area contributed by atoms with E-state index in [1.54, 1.807) is 32.3 Å². The summed E-state index contributed by atoms with van der Waals surface area (Å²) in [5, 5.41) is 9.65. The third-order valence-corrected chi connectivity index (χ3v) is 4.61. The molecule has 0 radical (unpaired) electrons. The van der Waals surface area contributed by atoms with E-state index in [0.29, 0.717) is 29.1 Å². The molecule has 0 bridgehead atoms. The van der Waals surface area contributed by atoms with Crippen molar-refractivity contribution in [1.82, 2.24) is 4.90 Å². The Kier molecular flexibility index (Phi) is 7.07. The lowest BCUT2D eigenvalue weighted by molar-refractivity contribution is -0.140. The summed E-state index contributed by atoms with van der Waals surface area (Å²) in [6.45, 7) is 5.93. The topological polar surface area (TPSA) is 56.1 Å². The van der Waals surface area contributed by atoms with Gasteiger partial charge in [-0.3, -0.25) is 4.90 Å². The molecule has 0 spiro atoms. The van der Waals surface area contributed by atoms with Gasteiger partial charge in [0.2, 0.25) is 0 Å². The second kappa shape index (κ2) is 9.15. The summed E-state index contributed by atoms with van der Waals surface area (Å²) in [6, 6.07) is 5.77. The minimum absolute atomic E-state index is 0.103. The van der Waals surface area contributed by atoms with Gasteiger partial charge in [-0.25, -0.2) is 14.2 Å². The fourth-order valence-electron chi connectivity index (χ4n) is 2.78. The van der Waals surface area contributed by atoms with Crippen molar-refractivity contribution in [2.24, 2.45) is 4.99 Å². The van der Waals surface area contributed by atoms with Crippen molar-refractivity contribution in [2.75, 3.05) is 18.5 Å². The normalized spacial score (nSPS) is 11.7. The van der Waals surface area contributed by atoms with Crippen LogP contribution >= 0.6 is 0 Å². The number of alkyl halides is 3. The molecule has 0 aliphatic rings. The Balaban J connectivity index is 2.37. The highest BCUT2D eigenvalue weighted by atomic mass is 19.4. The first-order valence-electron chi connectivity index (χ1n) is 9.15. The molecule has 2 aromatic rings. The van der Waals surface area contributed by atoms with Crippen molar-refractivity contribution < 1.29 is 27.5 Å². The van der Waals surface area contributed by atoms with E-state index < -0.39 is 23.7 Å². The summed E-state index contributed by atoms with van der Waals surface area (Å²) in [7, 11) is 1.87. The van der Waals surface area contributed by atoms with Crippen LogP contribution in [0.2, 0.25) is 0 Å². The molecule has 0 unspecified atom stereocenters. The van der Waals surface area contributed by atoms with Gasteiger partial charge in [0.25, 0.3) is 0 Å². The predicted octanol–water partition coefficient (Wildman–Crippen LogP) is 5.76. The summed E-state index contributed by atoms with van der Waals surface area (Å²) >= 11 is 0. The average Bonchev–Trinajstić information content (AvgIpc) is 2.65. The fourth-order valence-corrected chi connectivity index (χ4v) is 2.78. The number of halogens is 4. The van der Waals surface area contributed by atoms with Crippen LogP contribution in [0.4, 0.5) is 33.7 Å². The Morgan fingerprint density at radius 2 is 1.83 bits per heavy atom. The zero-order valence-electron chi connectivity index (χ0n) is 17.1. The molecule has 0 saturated carbocycles. The Morgan fingerprint density at radius 1 is 1.17 bits per heavy atom. The summed E-state index contributed by atoms with van der Waals surface area (Å²) in [4.78, 5) is 19.1. The van der Waals surface area contributed by atoms with Crippen LogP contribution < -0.4 is 4.90 Å². The summed E-state index contributed by atoms with van der Waals surface area (Å²) in [5.74, 6) is -1.44. The van der Waals surface area contributed by atoms with Crippen LogP contribution in [0.3, 0.4) is 0 Å². The average molecular weight is 425 g/mol. The first kappa shape index (κ1) is 23.2. The van der Waals surface area contributed by atoms with E-state index in [4.69, 9.17) is 0 Å². The molecule has 0 heterocycles. The van der Waals surface area contributed by atoms with Crippen LogP contribution in [0.15, 0.2) is 35.3 Å². The fraction of sp³-hybridized carbons (Fsp3) is 0.333. The van der Waals surface area contributed by atoms with Gasteiger partial charge in [0.1, 0.15) is 5.82 Å². The molecule has 0 fully saturated rings. The molecule has 1 N–H and O–H groups in total. The number of benzene rings is 2. The van der Waals surface area contributed by atoms with E-state index in [9.17, 15) is 27.5 Å². The maximum absolute atomic E-state index is 13.9. The number of anilines is 1. The van der Waals surface area contributed by atoms with E-state index >= 15 is 0 Å². The lowest BCUT2D eigenvalue weighted by Crippen LogP contribution is -2.29. The third-order valence-electron chi connectivity index (χ3n) is 4.61. The van der Waals surface area contributed by atoms with Gasteiger partial charge < -0.3 is 10.0 Å². The highest BCUT2D eigenvalue weighted by Crippen LogP contribution is 2.33. The van der Waals surface area contributed by atoms with Gasteiger partial charge in [0.15, 0.2) is 0 Å².